The second-order valence-corrected chi connectivity index (χ2v) is 2.33. The largest absolute Gasteiger partial charge is 0.476 e. The molecule has 0 aromatic carbocycles. The maximum absolute atomic E-state index is 10.3. The average Bonchev–Trinajstić information content (AvgIpc) is 2.33. The van der Waals surface area contributed by atoms with Crippen LogP contribution in [0.5, 0.6) is 0 Å². The highest BCUT2D eigenvalue weighted by atomic mass is 32.1. The van der Waals surface area contributed by atoms with E-state index in [4.69, 9.17) is 11.5 Å². The van der Waals surface area contributed by atoms with Crippen molar-refractivity contribution in [2.45, 2.75) is 0 Å². The molecule has 1 aromatic rings. The van der Waals surface area contributed by atoms with Gasteiger partial charge in [0.25, 0.3) is 0 Å². The molecule has 0 amide bonds. The number of nitrogens with zero attached hydrogens (tertiary/aromatic N) is 1. The van der Waals surface area contributed by atoms with Crippen molar-refractivity contribution in [3.05, 3.63) is 16.1 Å². The Morgan fingerprint density at radius 3 is 3.00 bits per heavy atom. The molecule has 0 atom stereocenters. The van der Waals surface area contributed by atoms with Crippen molar-refractivity contribution in [2.24, 2.45) is 0 Å². The first kappa shape index (κ1) is 6.78. The summed E-state index contributed by atoms with van der Waals surface area (Å²) in [5, 5.41) is 8.43. The van der Waals surface area contributed by atoms with E-state index < -0.39 is 5.97 Å². The smallest absolute Gasteiger partial charge is 0.356 e. The maximum atomic E-state index is 10.3. The minimum absolute atomic E-state index is 0.0347. The highest BCUT2D eigenvalue weighted by Crippen LogP contribution is 2.10. The van der Waals surface area contributed by atoms with E-state index in [0.29, 0.717) is 4.88 Å². The Morgan fingerprint density at radius 2 is 2.60 bits per heavy atom. The number of thiazole rings is 1. The third-order valence-corrected chi connectivity index (χ3v) is 1.66. The summed E-state index contributed by atoms with van der Waals surface area (Å²) in [5.74, 6) is 1.16. The molecule has 0 unspecified atom stereocenters. The molecule has 1 rings (SSSR count). The molecule has 0 saturated heterocycles. The normalized spacial score (nSPS) is 8.70. The summed E-state index contributed by atoms with van der Waals surface area (Å²) in [6.45, 7) is 0. The molecular weight excluding hydrogens is 150 g/mol. The fourth-order valence-corrected chi connectivity index (χ4v) is 1.08. The highest BCUT2D eigenvalue weighted by molar-refractivity contribution is 7.10. The fraction of sp³-hybridized carbons (Fsp3) is 0. The van der Waals surface area contributed by atoms with Gasteiger partial charge < -0.3 is 5.11 Å². The topological polar surface area (TPSA) is 50.2 Å². The number of aromatic carboxylic acids is 1. The molecule has 50 valence electrons. The van der Waals surface area contributed by atoms with Gasteiger partial charge in [0.15, 0.2) is 5.69 Å². The molecule has 1 N–H and O–H groups in total. The average molecular weight is 153 g/mol. The number of hydrogen-bond donors (Lipinski definition) is 1. The van der Waals surface area contributed by atoms with Gasteiger partial charge in [-0.25, -0.2) is 9.78 Å². The van der Waals surface area contributed by atoms with Crippen molar-refractivity contribution in [3.63, 3.8) is 0 Å². The van der Waals surface area contributed by atoms with Crippen LogP contribution in [0.2, 0.25) is 0 Å². The van der Waals surface area contributed by atoms with E-state index in [0.717, 1.165) is 11.3 Å². The van der Waals surface area contributed by atoms with E-state index in [2.05, 4.69) is 10.9 Å². The zero-order chi connectivity index (χ0) is 7.56. The van der Waals surface area contributed by atoms with E-state index in [1.165, 1.54) is 5.51 Å². The van der Waals surface area contributed by atoms with E-state index >= 15 is 0 Å². The first-order valence-electron chi connectivity index (χ1n) is 2.39. The van der Waals surface area contributed by atoms with E-state index in [1.54, 1.807) is 0 Å². The van der Waals surface area contributed by atoms with Crippen molar-refractivity contribution >= 4 is 17.3 Å². The van der Waals surface area contributed by atoms with Gasteiger partial charge in [-0.05, 0) is 0 Å². The molecule has 0 aliphatic rings. The van der Waals surface area contributed by atoms with Gasteiger partial charge in [0.1, 0.15) is 4.88 Å². The Balaban J connectivity index is 3.17. The summed E-state index contributed by atoms with van der Waals surface area (Å²) in [6, 6.07) is 0. The minimum atomic E-state index is -1.07. The molecule has 4 heteroatoms. The number of carboxylic acids is 1. The van der Waals surface area contributed by atoms with Crippen LogP contribution in [0, 0.1) is 12.3 Å². The monoisotopic (exact) mass is 153 g/mol. The van der Waals surface area contributed by atoms with Crippen molar-refractivity contribution in [1.82, 2.24) is 4.98 Å². The molecule has 0 aliphatic heterocycles. The molecule has 0 saturated carbocycles. The Bertz CT molecular complexity index is 297. The Kier molecular flexibility index (Phi) is 1.69. The van der Waals surface area contributed by atoms with Crippen LogP contribution in [0.1, 0.15) is 15.4 Å². The molecule has 0 bridgehead atoms. The summed E-state index contributed by atoms with van der Waals surface area (Å²) in [5.41, 5.74) is 1.38. The maximum Gasteiger partial charge on any atom is 0.356 e. The van der Waals surface area contributed by atoms with Gasteiger partial charge >= 0.3 is 5.97 Å². The minimum Gasteiger partial charge on any atom is -0.476 e. The quantitative estimate of drug-likeness (QED) is 0.608. The van der Waals surface area contributed by atoms with Gasteiger partial charge in [0.05, 0.1) is 5.51 Å². The second kappa shape index (κ2) is 2.50. The summed E-state index contributed by atoms with van der Waals surface area (Å²) < 4.78 is 0. The lowest BCUT2D eigenvalue weighted by molar-refractivity contribution is 0.0691. The standard InChI is InChI=1S/C6H3NO2S/c1-2-4-5(6(8)9)7-3-10-4/h1,3H,(H,8,9). The number of carboxylic acid groups (broad SMARTS) is 1. The number of carbonyl (C=O) groups is 1. The first-order chi connectivity index (χ1) is 4.75. The Hall–Kier alpha value is -1.34. The van der Waals surface area contributed by atoms with E-state index in [-0.39, 0.29) is 5.69 Å². The lowest BCUT2D eigenvalue weighted by Crippen LogP contribution is -1.97. The number of terminal acetylenes is 1. The van der Waals surface area contributed by atoms with Gasteiger partial charge in [-0.1, -0.05) is 5.92 Å². The van der Waals surface area contributed by atoms with Crippen molar-refractivity contribution < 1.29 is 9.90 Å². The SMILES string of the molecule is C#Cc1scnc1C(=O)O. The molecule has 10 heavy (non-hydrogen) atoms. The number of hydrogen-bond acceptors (Lipinski definition) is 3. The van der Waals surface area contributed by atoms with Crippen LogP contribution in [-0.4, -0.2) is 16.1 Å². The fourth-order valence-electron chi connectivity index (χ4n) is 0.501. The Morgan fingerprint density at radius 1 is 1.90 bits per heavy atom. The van der Waals surface area contributed by atoms with Crippen LogP contribution in [0.4, 0.5) is 0 Å². The summed E-state index contributed by atoms with van der Waals surface area (Å²) in [7, 11) is 0. The predicted molar refractivity (Wildman–Crippen MR) is 37.0 cm³/mol. The van der Waals surface area contributed by atoms with E-state index in [1.807, 2.05) is 0 Å². The van der Waals surface area contributed by atoms with Crippen LogP contribution in [0.25, 0.3) is 0 Å². The molecule has 1 aromatic heterocycles. The number of rotatable bonds is 1. The molecule has 0 fully saturated rings. The molecule has 1 heterocycles. The van der Waals surface area contributed by atoms with Gasteiger partial charge in [-0.15, -0.1) is 17.8 Å². The Labute approximate surface area is 61.3 Å². The second-order valence-electron chi connectivity index (χ2n) is 1.48. The van der Waals surface area contributed by atoms with Crippen LogP contribution >= 0.6 is 11.3 Å². The van der Waals surface area contributed by atoms with Gasteiger partial charge in [-0.2, -0.15) is 0 Å². The van der Waals surface area contributed by atoms with Gasteiger partial charge in [-0.3, -0.25) is 0 Å². The summed E-state index contributed by atoms with van der Waals surface area (Å²) >= 11 is 1.15. The van der Waals surface area contributed by atoms with Gasteiger partial charge in [0, 0.05) is 0 Å². The van der Waals surface area contributed by atoms with Crippen molar-refractivity contribution in [3.8, 4) is 12.3 Å². The van der Waals surface area contributed by atoms with Crippen molar-refractivity contribution in [1.29, 1.82) is 0 Å². The molecule has 0 aliphatic carbocycles. The van der Waals surface area contributed by atoms with Crippen LogP contribution < -0.4 is 0 Å². The molecular formula is C6H3NO2S. The highest BCUT2D eigenvalue weighted by Gasteiger charge is 2.10. The predicted octanol–water partition coefficient (Wildman–Crippen LogP) is 0.823. The zero-order valence-electron chi connectivity index (χ0n) is 4.87. The third-order valence-electron chi connectivity index (χ3n) is 0.901. The molecule has 0 radical (unpaired) electrons. The molecule has 0 spiro atoms. The third kappa shape index (κ3) is 0.993. The summed E-state index contributed by atoms with van der Waals surface area (Å²) in [4.78, 5) is 14.2. The van der Waals surface area contributed by atoms with Gasteiger partial charge in [0.2, 0.25) is 0 Å². The number of aromatic nitrogens is 1. The van der Waals surface area contributed by atoms with E-state index in [9.17, 15) is 4.79 Å². The van der Waals surface area contributed by atoms with Crippen LogP contribution in [0.15, 0.2) is 5.51 Å². The lowest BCUT2D eigenvalue weighted by Gasteiger charge is -1.84. The zero-order valence-corrected chi connectivity index (χ0v) is 5.68. The van der Waals surface area contributed by atoms with Crippen LogP contribution in [0.3, 0.4) is 0 Å². The molecule has 3 nitrogen and oxygen atoms in total. The summed E-state index contributed by atoms with van der Waals surface area (Å²) in [6.07, 6.45) is 4.99. The van der Waals surface area contributed by atoms with Crippen molar-refractivity contribution in [2.75, 3.05) is 0 Å². The first-order valence-corrected chi connectivity index (χ1v) is 3.27. The lowest BCUT2D eigenvalue weighted by atomic mass is 10.4. The van der Waals surface area contributed by atoms with Crippen LogP contribution in [-0.2, 0) is 0 Å².